The molecule has 0 saturated carbocycles. The number of benzene rings is 1. The molecule has 0 saturated heterocycles. The highest BCUT2D eigenvalue weighted by molar-refractivity contribution is 5.43. The molecule has 0 aliphatic carbocycles. The normalized spacial score (nSPS) is 13.2. The van der Waals surface area contributed by atoms with Gasteiger partial charge in [0, 0.05) is 19.6 Å². The van der Waals surface area contributed by atoms with Crippen LogP contribution in [-0.4, -0.2) is 26.4 Å². The molecule has 0 unspecified atom stereocenters. The van der Waals surface area contributed by atoms with E-state index in [9.17, 15) is 0 Å². The third-order valence-electron chi connectivity index (χ3n) is 3.23. The SMILES string of the molecule is COc1cc([C@H](C)N)ccc1OCCC(C)(C)OC. The van der Waals surface area contributed by atoms with Gasteiger partial charge in [-0.1, -0.05) is 6.07 Å². The number of ether oxygens (including phenoxy) is 3. The van der Waals surface area contributed by atoms with Crippen molar-refractivity contribution < 1.29 is 14.2 Å². The van der Waals surface area contributed by atoms with E-state index in [1.165, 1.54) is 0 Å². The van der Waals surface area contributed by atoms with Gasteiger partial charge in [-0.05, 0) is 38.5 Å². The lowest BCUT2D eigenvalue weighted by Gasteiger charge is -2.23. The second kappa shape index (κ2) is 6.78. The van der Waals surface area contributed by atoms with E-state index in [1.807, 2.05) is 39.0 Å². The molecule has 0 aliphatic rings. The fourth-order valence-electron chi connectivity index (χ4n) is 1.60. The average Bonchev–Trinajstić information content (AvgIpc) is 2.38. The Bertz CT molecular complexity index is 402. The van der Waals surface area contributed by atoms with Gasteiger partial charge >= 0.3 is 0 Å². The molecule has 19 heavy (non-hydrogen) atoms. The van der Waals surface area contributed by atoms with Crippen LogP contribution < -0.4 is 15.2 Å². The first-order valence-corrected chi connectivity index (χ1v) is 6.51. The number of nitrogens with two attached hydrogens (primary N) is 1. The standard InChI is InChI=1S/C15H25NO3/c1-11(16)12-6-7-13(14(10-12)17-4)19-9-8-15(2,3)18-5/h6-7,10-11H,8-9,16H2,1-5H3/t11-/m0/s1. The monoisotopic (exact) mass is 267 g/mol. The van der Waals surface area contributed by atoms with Crippen LogP contribution in [0.3, 0.4) is 0 Å². The topological polar surface area (TPSA) is 53.7 Å². The van der Waals surface area contributed by atoms with Gasteiger partial charge in [0.1, 0.15) is 0 Å². The van der Waals surface area contributed by atoms with E-state index in [-0.39, 0.29) is 11.6 Å². The summed E-state index contributed by atoms with van der Waals surface area (Å²) in [7, 11) is 3.34. The van der Waals surface area contributed by atoms with E-state index in [0.29, 0.717) is 12.4 Å². The predicted molar refractivity (Wildman–Crippen MR) is 76.8 cm³/mol. The molecule has 1 atom stereocenters. The summed E-state index contributed by atoms with van der Waals surface area (Å²) in [4.78, 5) is 0. The maximum Gasteiger partial charge on any atom is 0.161 e. The second-order valence-corrected chi connectivity index (χ2v) is 5.26. The van der Waals surface area contributed by atoms with Gasteiger partial charge in [-0.2, -0.15) is 0 Å². The largest absolute Gasteiger partial charge is 0.493 e. The maximum atomic E-state index is 5.85. The van der Waals surface area contributed by atoms with E-state index >= 15 is 0 Å². The summed E-state index contributed by atoms with van der Waals surface area (Å²) in [6.07, 6.45) is 0.807. The highest BCUT2D eigenvalue weighted by Gasteiger charge is 2.16. The van der Waals surface area contributed by atoms with Crippen LogP contribution in [0.15, 0.2) is 18.2 Å². The Balaban J connectivity index is 2.68. The minimum Gasteiger partial charge on any atom is -0.493 e. The third-order valence-corrected chi connectivity index (χ3v) is 3.23. The Morgan fingerprint density at radius 3 is 2.42 bits per heavy atom. The van der Waals surface area contributed by atoms with Gasteiger partial charge < -0.3 is 19.9 Å². The lowest BCUT2D eigenvalue weighted by molar-refractivity contribution is 0.00525. The highest BCUT2D eigenvalue weighted by Crippen LogP contribution is 2.30. The molecular formula is C15H25NO3. The molecule has 0 bridgehead atoms. The molecule has 0 spiro atoms. The molecule has 4 heteroatoms. The van der Waals surface area contributed by atoms with Crippen molar-refractivity contribution in [3.05, 3.63) is 23.8 Å². The fourth-order valence-corrected chi connectivity index (χ4v) is 1.60. The van der Waals surface area contributed by atoms with E-state index in [2.05, 4.69) is 0 Å². The van der Waals surface area contributed by atoms with Crippen LogP contribution in [0.4, 0.5) is 0 Å². The van der Waals surface area contributed by atoms with Gasteiger partial charge in [0.05, 0.1) is 19.3 Å². The van der Waals surface area contributed by atoms with Crippen molar-refractivity contribution in [3.8, 4) is 11.5 Å². The summed E-state index contributed by atoms with van der Waals surface area (Å²) < 4.78 is 16.4. The van der Waals surface area contributed by atoms with Crippen molar-refractivity contribution in [1.29, 1.82) is 0 Å². The van der Waals surface area contributed by atoms with Gasteiger partial charge in [-0.25, -0.2) is 0 Å². The molecule has 1 aromatic carbocycles. The van der Waals surface area contributed by atoms with Crippen molar-refractivity contribution in [1.82, 2.24) is 0 Å². The summed E-state index contributed by atoms with van der Waals surface area (Å²) in [5, 5.41) is 0. The molecule has 108 valence electrons. The molecular weight excluding hydrogens is 242 g/mol. The van der Waals surface area contributed by atoms with Gasteiger partial charge in [-0.15, -0.1) is 0 Å². The number of methoxy groups -OCH3 is 2. The minimum atomic E-state index is -0.182. The van der Waals surface area contributed by atoms with Crippen molar-refractivity contribution in [3.63, 3.8) is 0 Å². The zero-order chi connectivity index (χ0) is 14.5. The van der Waals surface area contributed by atoms with Gasteiger partial charge in [0.25, 0.3) is 0 Å². The summed E-state index contributed by atoms with van der Waals surface area (Å²) in [5.41, 5.74) is 6.70. The zero-order valence-electron chi connectivity index (χ0n) is 12.5. The molecule has 0 heterocycles. The average molecular weight is 267 g/mol. The lowest BCUT2D eigenvalue weighted by atomic mass is 10.1. The summed E-state index contributed by atoms with van der Waals surface area (Å²) >= 11 is 0. The Kier molecular flexibility index (Phi) is 5.63. The van der Waals surface area contributed by atoms with Crippen molar-refractivity contribution in [2.75, 3.05) is 20.8 Å². The molecule has 1 aromatic rings. The quantitative estimate of drug-likeness (QED) is 0.825. The molecule has 0 aromatic heterocycles. The molecule has 4 nitrogen and oxygen atoms in total. The van der Waals surface area contributed by atoms with Crippen LogP contribution in [-0.2, 0) is 4.74 Å². The number of hydrogen-bond acceptors (Lipinski definition) is 4. The molecule has 0 amide bonds. The summed E-state index contributed by atoms with van der Waals surface area (Å²) in [6.45, 7) is 6.59. The van der Waals surface area contributed by atoms with Crippen molar-refractivity contribution in [2.24, 2.45) is 5.73 Å². The fraction of sp³-hybridized carbons (Fsp3) is 0.600. The lowest BCUT2D eigenvalue weighted by Crippen LogP contribution is -2.25. The van der Waals surface area contributed by atoms with Gasteiger partial charge in [0.2, 0.25) is 0 Å². The first-order valence-electron chi connectivity index (χ1n) is 6.51. The van der Waals surface area contributed by atoms with E-state index in [0.717, 1.165) is 17.7 Å². The summed E-state index contributed by atoms with van der Waals surface area (Å²) in [6, 6.07) is 5.76. The molecule has 0 radical (unpaired) electrons. The highest BCUT2D eigenvalue weighted by atomic mass is 16.5. The van der Waals surface area contributed by atoms with Crippen LogP contribution in [0, 0.1) is 0 Å². The third kappa shape index (κ3) is 4.73. The van der Waals surface area contributed by atoms with Crippen LogP contribution in [0.5, 0.6) is 11.5 Å². The maximum absolute atomic E-state index is 5.85. The second-order valence-electron chi connectivity index (χ2n) is 5.26. The van der Waals surface area contributed by atoms with E-state index in [4.69, 9.17) is 19.9 Å². The van der Waals surface area contributed by atoms with Crippen molar-refractivity contribution >= 4 is 0 Å². The smallest absolute Gasteiger partial charge is 0.161 e. The predicted octanol–water partition coefficient (Wildman–Crippen LogP) is 2.91. The van der Waals surface area contributed by atoms with Crippen LogP contribution in [0.2, 0.25) is 0 Å². The first kappa shape index (κ1) is 15.8. The Morgan fingerprint density at radius 2 is 1.89 bits per heavy atom. The van der Waals surface area contributed by atoms with Gasteiger partial charge in [0.15, 0.2) is 11.5 Å². The van der Waals surface area contributed by atoms with E-state index < -0.39 is 0 Å². The molecule has 1 rings (SSSR count). The molecule has 2 N–H and O–H groups in total. The Morgan fingerprint density at radius 1 is 1.21 bits per heavy atom. The van der Waals surface area contributed by atoms with Crippen molar-refractivity contribution in [2.45, 2.75) is 38.8 Å². The Hall–Kier alpha value is -1.26. The van der Waals surface area contributed by atoms with Crippen LogP contribution in [0.25, 0.3) is 0 Å². The number of rotatable bonds is 7. The van der Waals surface area contributed by atoms with Crippen LogP contribution >= 0.6 is 0 Å². The first-order chi connectivity index (χ1) is 8.89. The summed E-state index contributed by atoms with van der Waals surface area (Å²) in [5.74, 6) is 1.45. The molecule has 0 aliphatic heterocycles. The van der Waals surface area contributed by atoms with E-state index in [1.54, 1.807) is 14.2 Å². The Labute approximate surface area is 115 Å². The molecule has 0 fully saturated rings. The van der Waals surface area contributed by atoms with Crippen LogP contribution in [0.1, 0.15) is 38.8 Å². The number of hydrogen-bond donors (Lipinski definition) is 1. The van der Waals surface area contributed by atoms with Gasteiger partial charge in [-0.3, -0.25) is 0 Å². The zero-order valence-corrected chi connectivity index (χ0v) is 12.5. The minimum absolute atomic E-state index is 0.0182.